The molecule has 0 amide bonds. The van der Waals surface area contributed by atoms with Crippen LogP contribution in [0.15, 0.2) is 35.5 Å². The molecule has 2 N–H and O–H groups in total. The van der Waals surface area contributed by atoms with Gasteiger partial charge in [0.2, 0.25) is 0 Å². The number of nitrogens with zero attached hydrogens (tertiary/aromatic N) is 1. The van der Waals surface area contributed by atoms with Crippen LogP contribution >= 0.6 is 0 Å². The standard InChI is InChI=1S/C29H45NO3/c1-19(17-30-13-14-33-18-27(30)22-7-8-22)25-10-11-26-21(5-4-12-29(25,26)3)6-9-23-15-24(31)16-28(32)20(23)2/h6,9,19,22,24-28,31-32H,2,4-5,7-8,10-18H2,1,3H3/b21-6+,23-9-/t19-,24?,25-,26+,27-,28?,29-/m1/s1. The fourth-order valence-corrected chi connectivity index (χ4v) is 7.98. The van der Waals surface area contributed by atoms with Crippen molar-refractivity contribution in [3.8, 4) is 0 Å². The lowest BCUT2D eigenvalue weighted by Crippen LogP contribution is -2.50. The number of hydrogen-bond acceptors (Lipinski definition) is 4. The normalized spacial score (nSPS) is 43.8. The van der Waals surface area contributed by atoms with Crippen LogP contribution < -0.4 is 0 Å². The first-order valence-corrected chi connectivity index (χ1v) is 13.6. The number of hydrogen-bond donors (Lipinski definition) is 2. The van der Waals surface area contributed by atoms with Crippen molar-refractivity contribution in [2.45, 2.75) is 89.9 Å². The maximum atomic E-state index is 10.2. The molecule has 0 aromatic rings. The lowest BCUT2D eigenvalue weighted by Gasteiger charge is -2.46. The van der Waals surface area contributed by atoms with E-state index in [-0.39, 0.29) is 0 Å². The average molecular weight is 456 g/mol. The van der Waals surface area contributed by atoms with Crippen molar-refractivity contribution in [3.63, 3.8) is 0 Å². The highest BCUT2D eigenvalue weighted by atomic mass is 16.5. The molecule has 0 radical (unpaired) electrons. The second-order valence-electron chi connectivity index (χ2n) is 12.1. The second kappa shape index (κ2) is 9.60. The summed E-state index contributed by atoms with van der Waals surface area (Å²) in [5.41, 5.74) is 3.81. The molecule has 0 aromatic heterocycles. The van der Waals surface area contributed by atoms with E-state index in [0.717, 1.165) is 48.7 Å². The van der Waals surface area contributed by atoms with E-state index < -0.39 is 12.2 Å². The van der Waals surface area contributed by atoms with Crippen molar-refractivity contribution in [2.75, 3.05) is 26.3 Å². The quantitative estimate of drug-likeness (QED) is 0.621. The molecule has 0 bridgehead atoms. The Balaban J connectivity index is 1.29. The number of morpholine rings is 1. The van der Waals surface area contributed by atoms with Gasteiger partial charge in [-0.15, -0.1) is 0 Å². The second-order valence-corrected chi connectivity index (χ2v) is 12.1. The summed E-state index contributed by atoms with van der Waals surface area (Å²) in [6.45, 7) is 13.4. The van der Waals surface area contributed by atoms with Crippen LogP contribution in [0, 0.1) is 29.1 Å². The number of allylic oxidation sites excluding steroid dienone is 3. The largest absolute Gasteiger partial charge is 0.393 e. The van der Waals surface area contributed by atoms with Crippen LogP contribution in [-0.2, 0) is 4.74 Å². The molecular weight excluding hydrogens is 410 g/mol. The summed E-state index contributed by atoms with van der Waals surface area (Å²) >= 11 is 0. The van der Waals surface area contributed by atoms with Gasteiger partial charge in [0.15, 0.2) is 0 Å². The monoisotopic (exact) mass is 455 g/mol. The first-order valence-electron chi connectivity index (χ1n) is 13.6. The van der Waals surface area contributed by atoms with Gasteiger partial charge in [0.1, 0.15) is 0 Å². The van der Waals surface area contributed by atoms with Gasteiger partial charge in [-0.25, -0.2) is 0 Å². The molecule has 1 heterocycles. The van der Waals surface area contributed by atoms with Crippen LogP contribution in [0.1, 0.15) is 71.6 Å². The van der Waals surface area contributed by atoms with E-state index >= 15 is 0 Å². The Labute approximate surface area is 200 Å². The van der Waals surface area contributed by atoms with Crippen molar-refractivity contribution < 1.29 is 14.9 Å². The summed E-state index contributed by atoms with van der Waals surface area (Å²) < 4.78 is 5.85. The summed E-state index contributed by atoms with van der Waals surface area (Å²) in [5.74, 6) is 3.06. The zero-order chi connectivity index (χ0) is 23.2. The molecule has 0 spiro atoms. The molecule has 4 aliphatic carbocycles. The van der Waals surface area contributed by atoms with Crippen molar-refractivity contribution in [1.29, 1.82) is 0 Å². The number of fused-ring (bicyclic) bond motifs is 1. The average Bonchev–Trinajstić information content (AvgIpc) is 3.56. The Hall–Kier alpha value is -0.940. The third-order valence-corrected chi connectivity index (χ3v) is 9.96. The van der Waals surface area contributed by atoms with E-state index in [4.69, 9.17) is 4.74 Å². The zero-order valence-corrected chi connectivity index (χ0v) is 20.8. The predicted molar refractivity (Wildman–Crippen MR) is 133 cm³/mol. The van der Waals surface area contributed by atoms with E-state index in [1.807, 2.05) is 0 Å². The number of aliphatic hydroxyl groups excluding tert-OH is 2. The molecule has 4 saturated carbocycles. The van der Waals surface area contributed by atoms with Gasteiger partial charge < -0.3 is 14.9 Å². The molecule has 5 rings (SSSR count). The maximum absolute atomic E-state index is 10.2. The van der Waals surface area contributed by atoms with Crippen LogP contribution in [0.3, 0.4) is 0 Å². The molecule has 7 atom stereocenters. The van der Waals surface area contributed by atoms with Gasteiger partial charge in [-0.1, -0.05) is 38.2 Å². The van der Waals surface area contributed by atoms with Crippen LogP contribution in [0.2, 0.25) is 0 Å². The minimum atomic E-state index is -0.605. The molecule has 4 nitrogen and oxygen atoms in total. The lowest BCUT2D eigenvalue weighted by atomic mass is 9.61. The molecule has 5 aliphatic rings. The maximum Gasteiger partial charge on any atom is 0.0811 e. The molecule has 4 heteroatoms. The highest BCUT2D eigenvalue weighted by molar-refractivity contribution is 5.38. The molecule has 1 aliphatic heterocycles. The minimum Gasteiger partial charge on any atom is -0.393 e. The highest BCUT2D eigenvalue weighted by Crippen LogP contribution is 2.59. The van der Waals surface area contributed by atoms with Crippen molar-refractivity contribution in [1.82, 2.24) is 4.90 Å². The van der Waals surface area contributed by atoms with Gasteiger partial charge in [-0.2, -0.15) is 0 Å². The Morgan fingerprint density at radius 1 is 1.21 bits per heavy atom. The summed E-state index contributed by atoms with van der Waals surface area (Å²) in [6.07, 6.45) is 13.7. The molecular formula is C29H45NO3. The van der Waals surface area contributed by atoms with E-state index in [0.29, 0.717) is 30.2 Å². The summed E-state index contributed by atoms with van der Waals surface area (Å²) in [6, 6.07) is 0.661. The van der Waals surface area contributed by atoms with Crippen LogP contribution in [-0.4, -0.2) is 59.7 Å². The Morgan fingerprint density at radius 2 is 2.03 bits per heavy atom. The SMILES string of the molecule is C=C1/C(=C\C=C2/CCC[C@]3(C)[C@@H]([C@H](C)CN4CCOC[C@@H]4C4CC4)CC[C@@H]23)CC(O)CC1O. The van der Waals surface area contributed by atoms with Crippen molar-refractivity contribution in [3.05, 3.63) is 35.5 Å². The molecule has 1 saturated heterocycles. The van der Waals surface area contributed by atoms with Gasteiger partial charge in [0.05, 0.1) is 25.4 Å². The molecule has 5 fully saturated rings. The van der Waals surface area contributed by atoms with E-state index in [1.165, 1.54) is 51.5 Å². The van der Waals surface area contributed by atoms with Gasteiger partial charge in [-0.05, 0) is 91.6 Å². The third-order valence-electron chi connectivity index (χ3n) is 9.96. The number of ether oxygens (including phenoxy) is 1. The fourth-order valence-electron chi connectivity index (χ4n) is 7.98. The summed E-state index contributed by atoms with van der Waals surface area (Å²) in [4.78, 5) is 2.78. The predicted octanol–water partition coefficient (Wildman–Crippen LogP) is 4.87. The van der Waals surface area contributed by atoms with E-state index in [1.54, 1.807) is 5.57 Å². The van der Waals surface area contributed by atoms with Crippen LogP contribution in [0.5, 0.6) is 0 Å². The minimum absolute atomic E-state index is 0.395. The Morgan fingerprint density at radius 3 is 2.82 bits per heavy atom. The van der Waals surface area contributed by atoms with Gasteiger partial charge in [-0.3, -0.25) is 4.90 Å². The Bertz CT molecular complexity index is 799. The van der Waals surface area contributed by atoms with Gasteiger partial charge in [0, 0.05) is 25.6 Å². The van der Waals surface area contributed by atoms with Gasteiger partial charge in [0.25, 0.3) is 0 Å². The number of rotatable bonds is 5. The Kier molecular flexibility index (Phi) is 6.92. The smallest absolute Gasteiger partial charge is 0.0811 e. The molecule has 184 valence electrons. The van der Waals surface area contributed by atoms with E-state index in [9.17, 15) is 10.2 Å². The first kappa shape index (κ1) is 23.8. The summed E-state index contributed by atoms with van der Waals surface area (Å²) in [5, 5.41) is 20.3. The third kappa shape index (κ3) is 4.78. The van der Waals surface area contributed by atoms with Crippen LogP contribution in [0.25, 0.3) is 0 Å². The zero-order valence-electron chi connectivity index (χ0n) is 20.8. The van der Waals surface area contributed by atoms with Gasteiger partial charge >= 0.3 is 0 Å². The van der Waals surface area contributed by atoms with Crippen LogP contribution in [0.4, 0.5) is 0 Å². The molecule has 0 aromatic carbocycles. The first-order chi connectivity index (χ1) is 15.9. The number of aliphatic hydroxyl groups is 2. The lowest BCUT2D eigenvalue weighted by molar-refractivity contribution is -0.0312. The topological polar surface area (TPSA) is 52.9 Å². The van der Waals surface area contributed by atoms with Crippen molar-refractivity contribution >= 4 is 0 Å². The van der Waals surface area contributed by atoms with Crippen molar-refractivity contribution in [2.24, 2.45) is 29.1 Å². The fraction of sp³-hybridized carbons (Fsp3) is 0.793. The van der Waals surface area contributed by atoms with E-state index in [2.05, 4.69) is 37.5 Å². The molecule has 33 heavy (non-hydrogen) atoms. The summed E-state index contributed by atoms with van der Waals surface area (Å²) in [7, 11) is 0. The highest BCUT2D eigenvalue weighted by Gasteiger charge is 2.51. The molecule has 2 unspecified atom stereocenters.